The van der Waals surface area contributed by atoms with Gasteiger partial charge < -0.3 is 29.2 Å². The van der Waals surface area contributed by atoms with Crippen molar-refractivity contribution in [3.05, 3.63) is 53.3 Å². The summed E-state index contributed by atoms with van der Waals surface area (Å²) in [5, 5.41) is 16.8. The minimum absolute atomic E-state index is 0.0875. The number of ether oxygens (including phenoxy) is 3. The van der Waals surface area contributed by atoms with Crippen LogP contribution >= 0.6 is 0 Å². The van der Waals surface area contributed by atoms with Crippen LogP contribution in [0.1, 0.15) is 48.2 Å². The number of methoxy groups -OCH3 is 2. The predicted molar refractivity (Wildman–Crippen MR) is 127 cm³/mol. The molecule has 3 aromatic rings. The molecule has 1 unspecified atom stereocenters. The number of benzene rings is 1. The Labute approximate surface area is 203 Å². The summed E-state index contributed by atoms with van der Waals surface area (Å²) >= 11 is 0. The number of hydrogen-bond acceptors (Lipinski definition) is 9. The molecular formula is C25H30N4O6. The number of hydrogen-bond donors (Lipinski definition) is 2. The van der Waals surface area contributed by atoms with Crippen molar-refractivity contribution in [2.45, 2.75) is 44.4 Å². The second-order valence-electron chi connectivity index (χ2n) is 8.38. The van der Waals surface area contributed by atoms with E-state index < -0.39 is 5.97 Å². The molecule has 1 aliphatic heterocycles. The highest BCUT2D eigenvalue weighted by Gasteiger charge is 2.21. The van der Waals surface area contributed by atoms with E-state index in [2.05, 4.69) is 20.4 Å². The smallest absolute Gasteiger partial charge is 0.303 e. The summed E-state index contributed by atoms with van der Waals surface area (Å²) in [7, 11) is 3.11. The first-order valence-electron chi connectivity index (χ1n) is 11.7. The van der Waals surface area contributed by atoms with Gasteiger partial charge in [-0.05, 0) is 49.1 Å². The van der Waals surface area contributed by atoms with Crippen LogP contribution in [0.2, 0.25) is 0 Å². The van der Waals surface area contributed by atoms with Crippen molar-refractivity contribution in [1.82, 2.24) is 15.1 Å². The van der Waals surface area contributed by atoms with Crippen LogP contribution in [-0.2, 0) is 24.1 Å². The summed E-state index contributed by atoms with van der Waals surface area (Å²) in [6.45, 7) is 1.54. The number of nitrogens with zero attached hydrogens (tertiary/aromatic N) is 3. The average Bonchev–Trinajstić information content (AvgIpc) is 3.17. The molecule has 0 bridgehead atoms. The Balaban J connectivity index is 1.38. The molecule has 4 rings (SSSR count). The van der Waals surface area contributed by atoms with Crippen LogP contribution in [0.4, 0.5) is 5.82 Å². The molecule has 1 aliphatic rings. The van der Waals surface area contributed by atoms with Gasteiger partial charge in [-0.2, -0.15) is 4.98 Å². The standard InChI is InChI=1S/C25H30N4O6/c1-32-19-11-16(12-20(15-19)33-2)17(14-24(30)31)13-23-28-22(29-35-23)6-3-5-18-7-8-21-25(27-18)26-9-4-10-34-21/h7-8,11-12,15,17H,3-6,9-10,13-14H2,1-2H3,(H,26,27)(H,30,31). The van der Waals surface area contributed by atoms with Gasteiger partial charge in [0.1, 0.15) is 11.5 Å². The first-order chi connectivity index (χ1) is 17.0. The van der Waals surface area contributed by atoms with E-state index in [0.717, 1.165) is 48.6 Å². The SMILES string of the molecule is COc1cc(OC)cc(C(CC(=O)O)Cc2nc(CCCc3ccc4c(n3)NCCCO4)no2)c1. The molecule has 35 heavy (non-hydrogen) atoms. The van der Waals surface area contributed by atoms with E-state index in [1.807, 2.05) is 12.1 Å². The van der Waals surface area contributed by atoms with Gasteiger partial charge in [-0.1, -0.05) is 5.16 Å². The summed E-state index contributed by atoms with van der Waals surface area (Å²) in [4.78, 5) is 20.7. The molecule has 2 aromatic heterocycles. The molecule has 0 fully saturated rings. The van der Waals surface area contributed by atoms with Crippen molar-refractivity contribution >= 4 is 11.8 Å². The topological polar surface area (TPSA) is 129 Å². The van der Waals surface area contributed by atoms with E-state index in [9.17, 15) is 9.90 Å². The summed E-state index contributed by atoms with van der Waals surface area (Å²) in [6.07, 6.45) is 3.36. The fraction of sp³-hybridized carbons (Fsp3) is 0.440. The molecule has 0 amide bonds. The Kier molecular flexibility index (Phi) is 8.02. The van der Waals surface area contributed by atoms with Crippen LogP contribution in [0.3, 0.4) is 0 Å². The molecule has 0 saturated heterocycles. The van der Waals surface area contributed by atoms with E-state index in [0.29, 0.717) is 42.7 Å². The minimum atomic E-state index is -0.912. The van der Waals surface area contributed by atoms with Crippen LogP contribution in [0.15, 0.2) is 34.9 Å². The number of carbonyl (C=O) groups is 1. The first-order valence-corrected chi connectivity index (χ1v) is 11.7. The Morgan fingerprint density at radius 2 is 1.94 bits per heavy atom. The van der Waals surface area contributed by atoms with Crippen LogP contribution in [0.5, 0.6) is 17.2 Å². The monoisotopic (exact) mass is 482 g/mol. The summed E-state index contributed by atoms with van der Waals surface area (Å²) in [5.74, 6) is 2.47. The normalized spacial score (nSPS) is 13.7. The van der Waals surface area contributed by atoms with Crippen molar-refractivity contribution in [3.8, 4) is 17.2 Å². The molecule has 10 nitrogen and oxygen atoms in total. The maximum absolute atomic E-state index is 11.5. The third-order valence-electron chi connectivity index (χ3n) is 5.82. The second-order valence-corrected chi connectivity index (χ2v) is 8.38. The highest BCUT2D eigenvalue weighted by molar-refractivity contribution is 5.68. The number of fused-ring (bicyclic) bond motifs is 1. The van der Waals surface area contributed by atoms with Crippen LogP contribution in [0, 0.1) is 0 Å². The Hall–Kier alpha value is -3.82. The number of nitrogens with one attached hydrogen (secondary N) is 1. The van der Waals surface area contributed by atoms with Gasteiger partial charge in [0.15, 0.2) is 17.4 Å². The molecule has 0 spiro atoms. The number of carboxylic acid groups (broad SMARTS) is 1. The largest absolute Gasteiger partial charge is 0.497 e. The summed E-state index contributed by atoms with van der Waals surface area (Å²) < 4.78 is 21.8. The lowest BCUT2D eigenvalue weighted by molar-refractivity contribution is -0.137. The summed E-state index contributed by atoms with van der Waals surface area (Å²) in [5.41, 5.74) is 1.74. The highest BCUT2D eigenvalue weighted by atomic mass is 16.5. The maximum Gasteiger partial charge on any atom is 0.303 e. The van der Waals surface area contributed by atoms with Gasteiger partial charge in [0.05, 0.1) is 27.2 Å². The zero-order valence-corrected chi connectivity index (χ0v) is 20.0. The lowest BCUT2D eigenvalue weighted by Gasteiger charge is -2.16. The number of carboxylic acids is 1. The molecule has 0 radical (unpaired) electrons. The van der Waals surface area contributed by atoms with Gasteiger partial charge >= 0.3 is 5.97 Å². The lowest BCUT2D eigenvalue weighted by Crippen LogP contribution is -2.10. The molecule has 1 aromatic carbocycles. The Morgan fingerprint density at radius 1 is 1.14 bits per heavy atom. The maximum atomic E-state index is 11.5. The van der Waals surface area contributed by atoms with Crippen molar-refractivity contribution < 1.29 is 28.6 Å². The van der Waals surface area contributed by atoms with Gasteiger partial charge in [0.2, 0.25) is 5.89 Å². The molecule has 2 N–H and O–H groups in total. The number of anilines is 1. The fourth-order valence-electron chi connectivity index (χ4n) is 4.03. The molecule has 0 aliphatic carbocycles. The highest BCUT2D eigenvalue weighted by Crippen LogP contribution is 2.31. The summed E-state index contributed by atoms with van der Waals surface area (Å²) in [6, 6.07) is 9.29. The first kappa shape index (κ1) is 24.3. The predicted octanol–water partition coefficient (Wildman–Crippen LogP) is 3.65. The van der Waals surface area contributed by atoms with Gasteiger partial charge in [-0.25, -0.2) is 4.98 Å². The molecule has 1 atom stereocenters. The Morgan fingerprint density at radius 3 is 2.69 bits per heavy atom. The number of aliphatic carboxylic acids is 1. The number of pyridine rings is 1. The third kappa shape index (κ3) is 6.62. The van der Waals surface area contributed by atoms with Crippen molar-refractivity contribution in [2.24, 2.45) is 0 Å². The molecular weight excluding hydrogens is 452 g/mol. The van der Waals surface area contributed by atoms with E-state index in [-0.39, 0.29) is 12.3 Å². The lowest BCUT2D eigenvalue weighted by atomic mass is 9.92. The van der Waals surface area contributed by atoms with Crippen molar-refractivity contribution in [3.63, 3.8) is 0 Å². The van der Waals surface area contributed by atoms with E-state index in [4.69, 9.17) is 18.7 Å². The fourth-order valence-corrected chi connectivity index (χ4v) is 4.03. The zero-order chi connectivity index (χ0) is 24.6. The second kappa shape index (κ2) is 11.5. The van der Waals surface area contributed by atoms with Crippen LogP contribution in [0.25, 0.3) is 0 Å². The quantitative estimate of drug-likeness (QED) is 0.418. The molecule has 0 saturated carbocycles. The number of aryl methyl sites for hydroxylation is 2. The van der Waals surface area contributed by atoms with Crippen molar-refractivity contribution in [2.75, 3.05) is 32.7 Å². The van der Waals surface area contributed by atoms with E-state index in [1.165, 1.54) is 0 Å². The zero-order valence-electron chi connectivity index (χ0n) is 20.0. The molecule has 3 heterocycles. The van der Waals surface area contributed by atoms with Gasteiger partial charge in [-0.15, -0.1) is 0 Å². The van der Waals surface area contributed by atoms with Crippen molar-refractivity contribution in [1.29, 1.82) is 0 Å². The number of aromatic nitrogens is 3. The third-order valence-corrected chi connectivity index (χ3v) is 5.82. The average molecular weight is 483 g/mol. The number of rotatable bonds is 11. The van der Waals surface area contributed by atoms with Gasteiger partial charge in [-0.3, -0.25) is 4.79 Å². The van der Waals surface area contributed by atoms with E-state index in [1.54, 1.807) is 32.4 Å². The van der Waals surface area contributed by atoms with Crippen LogP contribution in [-0.4, -0.2) is 53.6 Å². The van der Waals surface area contributed by atoms with E-state index >= 15 is 0 Å². The van der Waals surface area contributed by atoms with Gasteiger partial charge in [0.25, 0.3) is 0 Å². The minimum Gasteiger partial charge on any atom is -0.497 e. The van der Waals surface area contributed by atoms with Gasteiger partial charge in [0, 0.05) is 37.1 Å². The van der Waals surface area contributed by atoms with Crippen LogP contribution < -0.4 is 19.5 Å². The molecule has 186 valence electrons. The molecule has 10 heteroatoms. The Bertz CT molecular complexity index is 1130.